The average Bonchev–Trinajstić information content (AvgIpc) is 3.44. The van der Waals surface area contributed by atoms with E-state index in [0.29, 0.717) is 24.8 Å². The zero-order chi connectivity index (χ0) is 21.8. The first-order valence-electron chi connectivity index (χ1n) is 9.00. The summed E-state index contributed by atoms with van der Waals surface area (Å²) in [7, 11) is 0. The Balaban J connectivity index is 0.000000318. The van der Waals surface area contributed by atoms with Gasteiger partial charge in [0, 0.05) is 42.5 Å². The maximum absolute atomic E-state index is 12.1. The molecule has 2 saturated heterocycles. The van der Waals surface area contributed by atoms with Crippen molar-refractivity contribution in [2.45, 2.75) is 12.7 Å². The molecule has 0 aliphatic carbocycles. The van der Waals surface area contributed by atoms with E-state index in [1.165, 1.54) is 6.26 Å². The first-order chi connectivity index (χ1) is 14.2. The second-order valence-corrected chi connectivity index (χ2v) is 8.11. The molecule has 0 spiro atoms. The van der Waals surface area contributed by atoms with E-state index in [-0.39, 0.29) is 11.3 Å². The molecule has 0 bridgehead atoms. The summed E-state index contributed by atoms with van der Waals surface area (Å²) in [5, 5.41) is 13.3. The van der Waals surface area contributed by atoms with Gasteiger partial charge in [0.05, 0.1) is 26.0 Å². The molecule has 12 heteroatoms. The zero-order valence-corrected chi connectivity index (χ0v) is 16.5. The third-order valence-corrected chi connectivity index (χ3v) is 5.79. The van der Waals surface area contributed by atoms with Gasteiger partial charge in [-0.05, 0) is 12.1 Å². The van der Waals surface area contributed by atoms with Gasteiger partial charge in [-0.1, -0.05) is 0 Å². The van der Waals surface area contributed by atoms with Crippen molar-refractivity contribution in [1.29, 1.82) is 0 Å². The summed E-state index contributed by atoms with van der Waals surface area (Å²) < 4.78 is 42.6. The molecule has 4 heterocycles. The van der Waals surface area contributed by atoms with Crippen LogP contribution in [0.2, 0.25) is 0 Å². The van der Waals surface area contributed by atoms with Gasteiger partial charge in [-0.2, -0.15) is 13.2 Å². The molecule has 2 aromatic heterocycles. The van der Waals surface area contributed by atoms with Gasteiger partial charge in [-0.15, -0.1) is 11.3 Å². The van der Waals surface area contributed by atoms with E-state index >= 15 is 0 Å². The van der Waals surface area contributed by atoms with Gasteiger partial charge < -0.3 is 19.6 Å². The van der Waals surface area contributed by atoms with E-state index in [1.54, 1.807) is 23.5 Å². The molecule has 0 radical (unpaired) electrons. The van der Waals surface area contributed by atoms with Crippen molar-refractivity contribution in [3.63, 3.8) is 0 Å². The highest BCUT2D eigenvalue weighted by Gasteiger charge is 2.50. The van der Waals surface area contributed by atoms with Crippen molar-refractivity contribution in [3.8, 4) is 0 Å². The van der Waals surface area contributed by atoms with Crippen molar-refractivity contribution in [3.05, 3.63) is 40.7 Å². The fraction of sp³-hybridized carbons (Fsp3) is 0.500. The number of furan rings is 1. The van der Waals surface area contributed by atoms with Crippen molar-refractivity contribution >= 4 is 23.2 Å². The van der Waals surface area contributed by atoms with Crippen molar-refractivity contribution in [2.75, 3.05) is 32.8 Å². The van der Waals surface area contributed by atoms with E-state index in [1.807, 2.05) is 11.6 Å². The Hall–Kier alpha value is -2.44. The van der Waals surface area contributed by atoms with E-state index in [9.17, 15) is 18.0 Å². The number of alkyl halides is 3. The van der Waals surface area contributed by atoms with Crippen molar-refractivity contribution in [2.24, 2.45) is 11.3 Å². The first kappa shape index (κ1) is 22.2. The average molecular weight is 447 g/mol. The van der Waals surface area contributed by atoms with Crippen molar-refractivity contribution in [1.82, 2.24) is 15.2 Å². The molecule has 2 atom stereocenters. The lowest BCUT2D eigenvalue weighted by molar-refractivity contribution is -0.192. The molecule has 0 unspecified atom stereocenters. The number of hydrogen-bond donors (Lipinski definition) is 2. The zero-order valence-electron chi connectivity index (χ0n) is 15.7. The quantitative estimate of drug-likeness (QED) is 0.724. The molecule has 8 nitrogen and oxygen atoms in total. The predicted molar refractivity (Wildman–Crippen MR) is 98.9 cm³/mol. The van der Waals surface area contributed by atoms with Gasteiger partial charge in [0.15, 0.2) is 5.76 Å². The number of nitrogens with one attached hydrogen (secondary N) is 1. The number of carboxylic acid groups (broad SMARTS) is 1. The van der Waals surface area contributed by atoms with Gasteiger partial charge in [-0.25, -0.2) is 9.78 Å². The highest BCUT2D eigenvalue weighted by atomic mass is 32.1. The number of nitrogens with zero attached hydrogens (tertiary/aromatic N) is 2. The summed E-state index contributed by atoms with van der Waals surface area (Å²) in [6.07, 6.45) is -1.72. The first-order valence-corrected chi connectivity index (χ1v) is 9.88. The molecule has 30 heavy (non-hydrogen) atoms. The Morgan fingerprint density at radius 1 is 1.43 bits per heavy atom. The number of amides is 1. The van der Waals surface area contributed by atoms with Crippen LogP contribution in [0.15, 0.2) is 34.4 Å². The number of hydrogen-bond acceptors (Lipinski definition) is 7. The largest absolute Gasteiger partial charge is 0.490 e. The minimum absolute atomic E-state index is 0.000484. The summed E-state index contributed by atoms with van der Waals surface area (Å²) in [6, 6.07) is 3.40. The molecule has 2 N–H and O–H groups in total. The fourth-order valence-corrected chi connectivity index (χ4v) is 4.24. The van der Waals surface area contributed by atoms with Crippen LogP contribution in [0, 0.1) is 11.3 Å². The van der Waals surface area contributed by atoms with Crippen LogP contribution in [0.5, 0.6) is 0 Å². The molecule has 164 valence electrons. The van der Waals surface area contributed by atoms with Crippen LogP contribution in [-0.2, 0) is 16.1 Å². The van der Waals surface area contributed by atoms with Crippen molar-refractivity contribution < 1.29 is 37.0 Å². The number of ether oxygens (including phenoxy) is 1. The maximum atomic E-state index is 12.1. The molecule has 2 aromatic rings. The molecule has 2 aliphatic heterocycles. The van der Waals surface area contributed by atoms with Gasteiger partial charge in [-0.3, -0.25) is 9.69 Å². The van der Waals surface area contributed by atoms with Crippen LogP contribution in [0.25, 0.3) is 0 Å². The van der Waals surface area contributed by atoms with E-state index in [0.717, 1.165) is 31.2 Å². The second kappa shape index (κ2) is 9.14. The minimum Gasteiger partial charge on any atom is -0.475 e. The number of thiazole rings is 1. The Morgan fingerprint density at radius 3 is 2.80 bits per heavy atom. The molecule has 4 rings (SSSR count). The number of carboxylic acids is 1. The number of halogens is 3. The Bertz CT molecular complexity index is 844. The third-order valence-electron chi connectivity index (χ3n) is 5.02. The molecule has 0 aromatic carbocycles. The lowest BCUT2D eigenvalue weighted by atomic mass is 9.81. The van der Waals surface area contributed by atoms with Crippen LogP contribution < -0.4 is 5.32 Å². The summed E-state index contributed by atoms with van der Waals surface area (Å²) >= 11 is 1.69. The smallest absolute Gasteiger partial charge is 0.475 e. The highest BCUT2D eigenvalue weighted by Crippen LogP contribution is 2.41. The number of rotatable bonds is 5. The third kappa shape index (κ3) is 5.37. The van der Waals surface area contributed by atoms with Crippen LogP contribution in [0.3, 0.4) is 0 Å². The number of carbonyl (C=O) groups is 2. The maximum Gasteiger partial charge on any atom is 0.490 e. The fourth-order valence-electron chi connectivity index (χ4n) is 3.59. The van der Waals surface area contributed by atoms with Crippen LogP contribution in [0.1, 0.15) is 15.6 Å². The molecule has 0 saturated carbocycles. The molecule has 1 amide bonds. The van der Waals surface area contributed by atoms with Gasteiger partial charge >= 0.3 is 12.1 Å². The topological polar surface area (TPSA) is 105 Å². The van der Waals surface area contributed by atoms with Gasteiger partial charge in [0.1, 0.15) is 5.01 Å². The number of carbonyl (C=O) groups excluding carboxylic acids is 1. The lowest BCUT2D eigenvalue weighted by Gasteiger charge is -2.27. The highest BCUT2D eigenvalue weighted by molar-refractivity contribution is 7.09. The molecule has 2 fully saturated rings. The second-order valence-electron chi connectivity index (χ2n) is 7.13. The number of aromatic nitrogens is 1. The summed E-state index contributed by atoms with van der Waals surface area (Å²) in [5.74, 6) is -2.10. The normalized spacial score (nSPS) is 23.5. The summed E-state index contributed by atoms with van der Waals surface area (Å²) in [6.45, 7) is 4.88. The lowest BCUT2D eigenvalue weighted by Crippen LogP contribution is -2.43. The standard InChI is InChI=1S/C16H19N3O3S.C2HF3O2/c20-15(13-2-1-4-22-13)18-9-16-10-19(6-12(16)8-21-11-16)7-14-17-3-5-23-14;3-2(4,5)1(6)7/h1-5,12H,6-11H2,(H,18,20);(H,6,7)/t12-,16+;/m1./s1. The van der Waals surface area contributed by atoms with Gasteiger partial charge in [0.25, 0.3) is 5.91 Å². The number of likely N-dealkylation sites (tertiary alicyclic amines) is 1. The van der Waals surface area contributed by atoms with E-state index in [4.69, 9.17) is 19.1 Å². The Morgan fingerprint density at radius 2 is 2.20 bits per heavy atom. The molecular weight excluding hydrogens is 427 g/mol. The van der Waals surface area contributed by atoms with E-state index in [2.05, 4.69) is 15.2 Å². The number of aliphatic carboxylic acids is 1. The molecule has 2 aliphatic rings. The SMILES string of the molecule is O=C(NC[C@]12COC[C@H]1CN(Cc1nccs1)C2)c1ccco1.O=C(O)C(F)(F)F. The monoisotopic (exact) mass is 447 g/mol. The Labute approximate surface area is 173 Å². The predicted octanol–water partition coefficient (Wildman–Crippen LogP) is 2.25. The van der Waals surface area contributed by atoms with Crippen LogP contribution in [0.4, 0.5) is 13.2 Å². The summed E-state index contributed by atoms with van der Waals surface area (Å²) in [5.41, 5.74) is -0.000484. The molecular formula is C18H20F3N3O5S. The van der Waals surface area contributed by atoms with Crippen LogP contribution >= 0.6 is 11.3 Å². The van der Waals surface area contributed by atoms with Crippen LogP contribution in [-0.4, -0.2) is 65.9 Å². The summed E-state index contributed by atoms with van der Waals surface area (Å²) in [4.78, 5) is 27.8. The van der Waals surface area contributed by atoms with Gasteiger partial charge in [0.2, 0.25) is 0 Å². The minimum atomic E-state index is -5.08. The van der Waals surface area contributed by atoms with E-state index < -0.39 is 12.1 Å². The number of fused-ring (bicyclic) bond motifs is 1. The Kier molecular flexibility index (Phi) is 6.78.